The van der Waals surface area contributed by atoms with Crippen molar-refractivity contribution in [2.75, 3.05) is 31.4 Å². The minimum Gasteiger partial charge on any atom is -0.385 e. The minimum atomic E-state index is -0.391. The molecule has 0 fully saturated rings. The van der Waals surface area contributed by atoms with Crippen LogP contribution in [0.15, 0.2) is 18.2 Å². The number of nitro benzene ring substituents is 1. The quantitative estimate of drug-likeness (QED) is 0.588. The van der Waals surface area contributed by atoms with Gasteiger partial charge in [0.2, 0.25) is 0 Å². The Bertz CT molecular complexity index is 393. The predicted octanol–water partition coefficient (Wildman–Crippen LogP) is 2.31. The van der Waals surface area contributed by atoms with Crippen LogP contribution in [0.4, 0.5) is 17.1 Å². The molecular weight excluding hydrogens is 220 g/mol. The van der Waals surface area contributed by atoms with Crippen LogP contribution < -0.4 is 10.7 Å². The lowest BCUT2D eigenvalue weighted by molar-refractivity contribution is -0.384. The number of nitrogens with zero attached hydrogens (tertiary/aromatic N) is 2. The smallest absolute Gasteiger partial charge is 0.273 e. The molecule has 17 heavy (non-hydrogen) atoms. The normalized spacial score (nSPS) is 10.4. The molecular formula is C11H18N4O2. The molecule has 0 aliphatic heterocycles. The van der Waals surface area contributed by atoms with E-state index in [0.29, 0.717) is 5.69 Å². The number of nitro groups is 1. The molecule has 0 unspecified atom stereocenters. The molecule has 0 bridgehead atoms. The third-order valence-electron chi connectivity index (χ3n) is 2.06. The Morgan fingerprint density at radius 2 is 1.94 bits per heavy atom. The van der Waals surface area contributed by atoms with Crippen molar-refractivity contribution in [3.63, 3.8) is 0 Å². The summed E-state index contributed by atoms with van der Waals surface area (Å²) in [5, 5.41) is 15.7. The first-order valence-electron chi connectivity index (χ1n) is 5.50. The van der Waals surface area contributed by atoms with Gasteiger partial charge in [-0.1, -0.05) is 6.92 Å². The molecule has 0 amide bonds. The molecule has 6 heteroatoms. The van der Waals surface area contributed by atoms with E-state index in [1.54, 1.807) is 5.01 Å². The van der Waals surface area contributed by atoms with Gasteiger partial charge in [-0.05, 0) is 12.5 Å². The third kappa shape index (κ3) is 4.28. The molecule has 1 rings (SSSR count). The Kier molecular flexibility index (Phi) is 4.71. The first-order chi connectivity index (χ1) is 8.02. The standard InChI is InChI=1S/C11H18N4O2/c1-4-5-12-9-6-10(13-14(2)3)8-11(7-9)15(16)17/h6-8,12-13H,4-5H2,1-3H3. The van der Waals surface area contributed by atoms with Gasteiger partial charge < -0.3 is 10.7 Å². The van der Waals surface area contributed by atoms with Gasteiger partial charge in [0.25, 0.3) is 5.69 Å². The summed E-state index contributed by atoms with van der Waals surface area (Å²) < 4.78 is 0. The van der Waals surface area contributed by atoms with Crippen LogP contribution in [0, 0.1) is 10.1 Å². The van der Waals surface area contributed by atoms with E-state index in [4.69, 9.17) is 0 Å². The largest absolute Gasteiger partial charge is 0.385 e. The summed E-state index contributed by atoms with van der Waals surface area (Å²) in [6.07, 6.45) is 0.971. The minimum absolute atomic E-state index is 0.0791. The number of hydrogen-bond acceptors (Lipinski definition) is 5. The van der Waals surface area contributed by atoms with Gasteiger partial charge in [-0.25, -0.2) is 5.01 Å². The maximum atomic E-state index is 10.8. The van der Waals surface area contributed by atoms with Gasteiger partial charge in [0.1, 0.15) is 0 Å². The zero-order chi connectivity index (χ0) is 12.8. The van der Waals surface area contributed by atoms with E-state index in [-0.39, 0.29) is 5.69 Å². The van der Waals surface area contributed by atoms with Crippen LogP contribution in [0.2, 0.25) is 0 Å². The Hall–Kier alpha value is -1.82. The van der Waals surface area contributed by atoms with Crippen LogP contribution in [-0.4, -0.2) is 30.6 Å². The van der Waals surface area contributed by atoms with Crippen LogP contribution in [0.5, 0.6) is 0 Å². The van der Waals surface area contributed by atoms with Crippen molar-refractivity contribution in [1.29, 1.82) is 0 Å². The molecule has 0 spiro atoms. The molecule has 1 aromatic rings. The van der Waals surface area contributed by atoms with Crippen molar-refractivity contribution < 1.29 is 4.92 Å². The number of anilines is 2. The predicted molar refractivity (Wildman–Crippen MR) is 69.2 cm³/mol. The fourth-order valence-corrected chi connectivity index (χ4v) is 1.41. The van der Waals surface area contributed by atoms with E-state index in [1.807, 2.05) is 27.1 Å². The molecule has 0 aliphatic rings. The highest BCUT2D eigenvalue weighted by molar-refractivity contribution is 5.63. The molecule has 0 aliphatic carbocycles. The summed E-state index contributed by atoms with van der Waals surface area (Å²) in [7, 11) is 3.66. The van der Waals surface area contributed by atoms with Crippen molar-refractivity contribution in [1.82, 2.24) is 5.01 Å². The topological polar surface area (TPSA) is 70.4 Å². The average molecular weight is 238 g/mol. The molecule has 94 valence electrons. The Labute approximate surface area is 101 Å². The van der Waals surface area contributed by atoms with Crippen molar-refractivity contribution in [2.45, 2.75) is 13.3 Å². The van der Waals surface area contributed by atoms with E-state index in [9.17, 15) is 10.1 Å². The van der Waals surface area contributed by atoms with E-state index in [2.05, 4.69) is 10.7 Å². The monoisotopic (exact) mass is 238 g/mol. The lowest BCUT2D eigenvalue weighted by Gasteiger charge is -2.14. The second kappa shape index (κ2) is 6.05. The molecule has 0 saturated heterocycles. The van der Waals surface area contributed by atoms with Crippen LogP contribution >= 0.6 is 0 Å². The number of benzene rings is 1. The van der Waals surface area contributed by atoms with Gasteiger partial charge >= 0.3 is 0 Å². The summed E-state index contributed by atoms with van der Waals surface area (Å²) in [5.74, 6) is 0. The lowest BCUT2D eigenvalue weighted by Crippen LogP contribution is -2.19. The van der Waals surface area contributed by atoms with Gasteiger partial charge in [0, 0.05) is 38.5 Å². The van der Waals surface area contributed by atoms with Crippen molar-refractivity contribution in [3.8, 4) is 0 Å². The van der Waals surface area contributed by atoms with E-state index in [1.165, 1.54) is 12.1 Å². The summed E-state index contributed by atoms with van der Waals surface area (Å²) in [5.41, 5.74) is 4.54. The van der Waals surface area contributed by atoms with E-state index in [0.717, 1.165) is 18.7 Å². The summed E-state index contributed by atoms with van der Waals surface area (Å²) in [4.78, 5) is 10.4. The van der Waals surface area contributed by atoms with Crippen molar-refractivity contribution in [2.24, 2.45) is 0 Å². The van der Waals surface area contributed by atoms with E-state index < -0.39 is 4.92 Å². The van der Waals surface area contributed by atoms with Gasteiger partial charge in [0.05, 0.1) is 10.6 Å². The molecule has 0 saturated carbocycles. The number of non-ortho nitro benzene ring substituents is 1. The van der Waals surface area contributed by atoms with Crippen LogP contribution in [-0.2, 0) is 0 Å². The highest BCUT2D eigenvalue weighted by atomic mass is 16.6. The molecule has 1 aromatic carbocycles. The van der Waals surface area contributed by atoms with Crippen molar-refractivity contribution in [3.05, 3.63) is 28.3 Å². The van der Waals surface area contributed by atoms with Crippen LogP contribution in [0.3, 0.4) is 0 Å². The second-order valence-corrected chi connectivity index (χ2v) is 3.96. The SMILES string of the molecule is CCCNc1cc(NN(C)C)cc([N+](=O)[O-])c1. The molecule has 0 radical (unpaired) electrons. The molecule has 0 heterocycles. The second-order valence-electron chi connectivity index (χ2n) is 3.96. The lowest BCUT2D eigenvalue weighted by atomic mass is 10.2. The molecule has 2 N–H and O–H groups in total. The van der Waals surface area contributed by atoms with Crippen molar-refractivity contribution >= 4 is 17.1 Å². The highest BCUT2D eigenvalue weighted by Gasteiger charge is 2.09. The Morgan fingerprint density at radius 3 is 2.47 bits per heavy atom. The molecule has 0 atom stereocenters. The maximum absolute atomic E-state index is 10.8. The summed E-state index contributed by atoms with van der Waals surface area (Å²) in [6.45, 7) is 2.84. The van der Waals surface area contributed by atoms with Crippen LogP contribution in [0.1, 0.15) is 13.3 Å². The number of nitrogens with one attached hydrogen (secondary N) is 2. The fourth-order valence-electron chi connectivity index (χ4n) is 1.41. The fraction of sp³-hybridized carbons (Fsp3) is 0.455. The Balaban J connectivity index is 2.96. The first kappa shape index (κ1) is 13.2. The third-order valence-corrected chi connectivity index (χ3v) is 2.06. The summed E-state index contributed by atoms with van der Waals surface area (Å²) in [6, 6.07) is 4.90. The first-order valence-corrected chi connectivity index (χ1v) is 5.50. The maximum Gasteiger partial charge on any atom is 0.273 e. The zero-order valence-electron chi connectivity index (χ0n) is 10.4. The Morgan fingerprint density at radius 1 is 1.29 bits per heavy atom. The van der Waals surface area contributed by atoms with Gasteiger partial charge in [0.15, 0.2) is 0 Å². The number of hydrazine groups is 1. The average Bonchev–Trinajstić information content (AvgIpc) is 2.25. The molecule has 0 aromatic heterocycles. The van der Waals surface area contributed by atoms with Gasteiger partial charge in [-0.2, -0.15) is 0 Å². The summed E-state index contributed by atoms with van der Waals surface area (Å²) >= 11 is 0. The number of hydrogen-bond donors (Lipinski definition) is 2. The number of rotatable bonds is 6. The molecule has 6 nitrogen and oxygen atoms in total. The highest BCUT2D eigenvalue weighted by Crippen LogP contribution is 2.24. The van der Waals surface area contributed by atoms with Gasteiger partial charge in [-0.3, -0.25) is 10.1 Å². The van der Waals surface area contributed by atoms with E-state index >= 15 is 0 Å². The van der Waals surface area contributed by atoms with Gasteiger partial charge in [-0.15, -0.1) is 0 Å². The zero-order valence-corrected chi connectivity index (χ0v) is 10.4. The van der Waals surface area contributed by atoms with Crippen LogP contribution in [0.25, 0.3) is 0 Å².